The Kier molecular flexibility index (Phi) is 5.79. The number of hydrogen-bond acceptors (Lipinski definition) is 6. The number of anilines is 2. The summed E-state index contributed by atoms with van der Waals surface area (Å²) in [5, 5.41) is 15.6. The van der Waals surface area contributed by atoms with Gasteiger partial charge < -0.3 is 10.6 Å². The minimum atomic E-state index is -0.106. The van der Waals surface area contributed by atoms with E-state index >= 15 is 0 Å². The first-order valence-electron chi connectivity index (χ1n) is 8.54. The van der Waals surface area contributed by atoms with Crippen molar-refractivity contribution in [3.8, 4) is 17.2 Å². The predicted molar refractivity (Wildman–Crippen MR) is 108 cm³/mol. The second kappa shape index (κ2) is 8.43. The van der Waals surface area contributed by atoms with Gasteiger partial charge in [0.25, 0.3) is 0 Å². The lowest BCUT2D eigenvalue weighted by Gasteiger charge is -2.08. The van der Waals surface area contributed by atoms with Crippen LogP contribution in [0.5, 0.6) is 0 Å². The number of nitrogens with zero attached hydrogens (tertiary/aromatic N) is 3. The fourth-order valence-corrected chi connectivity index (χ4v) is 3.41. The van der Waals surface area contributed by atoms with E-state index in [-0.39, 0.29) is 12.3 Å². The SMILES string of the molecule is CCc1cnc(NC(=O)Cc2cccc(-c3cnc(NC)c(C#N)c3)c2)s1. The summed E-state index contributed by atoms with van der Waals surface area (Å²) in [4.78, 5) is 21.9. The molecule has 6 nitrogen and oxygen atoms in total. The van der Waals surface area contributed by atoms with Gasteiger partial charge in [-0.05, 0) is 23.6 Å². The second-order valence-corrected chi connectivity index (χ2v) is 7.01. The molecule has 2 N–H and O–H groups in total. The summed E-state index contributed by atoms with van der Waals surface area (Å²) in [5.41, 5.74) is 3.11. The summed E-state index contributed by atoms with van der Waals surface area (Å²) in [6, 6.07) is 11.6. The molecule has 0 unspecified atom stereocenters. The van der Waals surface area contributed by atoms with Crippen LogP contribution in [0.3, 0.4) is 0 Å². The highest BCUT2D eigenvalue weighted by atomic mass is 32.1. The molecule has 7 heteroatoms. The van der Waals surface area contributed by atoms with Gasteiger partial charge in [0.15, 0.2) is 5.13 Å². The summed E-state index contributed by atoms with van der Waals surface area (Å²) in [6.07, 6.45) is 4.66. The van der Waals surface area contributed by atoms with E-state index in [4.69, 9.17) is 0 Å². The van der Waals surface area contributed by atoms with Crippen LogP contribution in [0.15, 0.2) is 42.7 Å². The number of benzene rings is 1. The molecule has 0 aliphatic carbocycles. The largest absolute Gasteiger partial charge is 0.372 e. The highest BCUT2D eigenvalue weighted by Gasteiger charge is 2.10. The van der Waals surface area contributed by atoms with Crippen molar-refractivity contribution >= 4 is 28.2 Å². The topological polar surface area (TPSA) is 90.7 Å². The minimum Gasteiger partial charge on any atom is -0.372 e. The van der Waals surface area contributed by atoms with Crippen LogP contribution in [0.1, 0.15) is 22.9 Å². The lowest BCUT2D eigenvalue weighted by atomic mass is 10.0. The molecule has 0 spiro atoms. The van der Waals surface area contributed by atoms with Crippen LogP contribution in [0, 0.1) is 11.3 Å². The van der Waals surface area contributed by atoms with Gasteiger partial charge in [-0.1, -0.05) is 31.2 Å². The van der Waals surface area contributed by atoms with Gasteiger partial charge in [-0.2, -0.15) is 5.26 Å². The zero-order valence-electron chi connectivity index (χ0n) is 15.1. The van der Waals surface area contributed by atoms with Gasteiger partial charge in [-0.3, -0.25) is 4.79 Å². The van der Waals surface area contributed by atoms with Gasteiger partial charge in [-0.25, -0.2) is 9.97 Å². The van der Waals surface area contributed by atoms with Gasteiger partial charge in [0.05, 0.1) is 12.0 Å². The molecule has 0 aliphatic rings. The van der Waals surface area contributed by atoms with Crippen LogP contribution >= 0.6 is 11.3 Å². The number of nitriles is 1. The number of carbonyl (C=O) groups is 1. The summed E-state index contributed by atoms with van der Waals surface area (Å²) >= 11 is 1.49. The third-order valence-corrected chi connectivity index (χ3v) is 5.08. The minimum absolute atomic E-state index is 0.106. The van der Waals surface area contributed by atoms with E-state index in [1.54, 1.807) is 25.5 Å². The molecular weight excluding hydrogens is 358 g/mol. The van der Waals surface area contributed by atoms with E-state index < -0.39 is 0 Å². The zero-order valence-corrected chi connectivity index (χ0v) is 15.9. The van der Waals surface area contributed by atoms with Crippen LogP contribution in [0.4, 0.5) is 10.9 Å². The standard InChI is InChI=1S/C20H19N5OS/c1-3-17-12-24-20(27-17)25-18(26)8-13-5-4-6-14(7-13)16-9-15(10-21)19(22-2)23-11-16/h4-7,9,11-12H,3,8H2,1-2H3,(H,22,23)(H,24,25,26). The fourth-order valence-electron chi connectivity index (χ4n) is 2.65. The first-order chi connectivity index (χ1) is 13.1. The van der Waals surface area contributed by atoms with Gasteiger partial charge in [0, 0.05) is 29.9 Å². The van der Waals surface area contributed by atoms with Crippen LogP contribution in [-0.4, -0.2) is 22.9 Å². The van der Waals surface area contributed by atoms with E-state index in [1.807, 2.05) is 24.3 Å². The van der Waals surface area contributed by atoms with E-state index in [2.05, 4.69) is 33.6 Å². The molecule has 0 atom stereocenters. The maximum absolute atomic E-state index is 12.3. The maximum atomic E-state index is 12.3. The van der Waals surface area contributed by atoms with Crippen molar-refractivity contribution in [2.45, 2.75) is 19.8 Å². The Balaban J connectivity index is 1.75. The first kappa shape index (κ1) is 18.5. The predicted octanol–water partition coefficient (Wildman–Crippen LogP) is 3.86. The van der Waals surface area contributed by atoms with Crippen molar-refractivity contribution < 1.29 is 4.79 Å². The zero-order chi connectivity index (χ0) is 19.2. The quantitative estimate of drug-likeness (QED) is 0.681. The fraction of sp³-hybridized carbons (Fsp3) is 0.200. The van der Waals surface area contributed by atoms with E-state index in [0.717, 1.165) is 28.0 Å². The summed E-state index contributed by atoms with van der Waals surface area (Å²) in [6.45, 7) is 2.06. The molecule has 1 aromatic carbocycles. The number of carbonyl (C=O) groups excluding carboxylic acids is 1. The molecule has 3 aromatic rings. The van der Waals surface area contributed by atoms with Crippen molar-refractivity contribution in [1.82, 2.24) is 9.97 Å². The number of pyridine rings is 1. The van der Waals surface area contributed by atoms with Gasteiger partial charge in [-0.15, -0.1) is 11.3 Å². The van der Waals surface area contributed by atoms with Crippen molar-refractivity contribution in [3.05, 3.63) is 58.7 Å². The maximum Gasteiger partial charge on any atom is 0.230 e. The highest BCUT2D eigenvalue weighted by Crippen LogP contribution is 2.24. The van der Waals surface area contributed by atoms with Crippen molar-refractivity contribution in [2.75, 3.05) is 17.7 Å². The summed E-state index contributed by atoms with van der Waals surface area (Å²) < 4.78 is 0. The summed E-state index contributed by atoms with van der Waals surface area (Å²) in [5.74, 6) is 0.442. The molecule has 136 valence electrons. The number of rotatable bonds is 6. The second-order valence-electron chi connectivity index (χ2n) is 5.89. The third-order valence-electron chi connectivity index (χ3n) is 4.02. The number of hydrogen-bond donors (Lipinski definition) is 2. The summed E-state index contributed by atoms with van der Waals surface area (Å²) in [7, 11) is 1.73. The Morgan fingerprint density at radius 1 is 1.22 bits per heavy atom. The van der Waals surface area contributed by atoms with Crippen LogP contribution in [0.25, 0.3) is 11.1 Å². The van der Waals surface area contributed by atoms with E-state index in [9.17, 15) is 10.1 Å². The molecule has 27 heavy (non-hydrogen) atoms. The molecule has 0 radical (unpaired) electrons. The van der Waals surface area contributed by atoms with Crippen LogP contribution in [-0.2, 0) is 17.6 Å². The van der Waals surface area contributed by atoms with Gasteiger partial charge >= 0.3 is 0 Å². The number of thiazole rings is 1. The molecule has 2 aromatic heterocycles. The Morgan fingerprint density at radius 2 is 2.07 bits per heavy atom. The lowest BCUT2D eigenvalue weighted by Crippen LogP contribution is -2.14. The molecule has 0 aliphatic heterocycles. The van der Waals surface area contributed by atoms with E-state index in [0.29, 0.717) is 16.5 Å². The van der Waals surface area contributed by atoms with Gasteiger partial charge in [0.2, 0.25) is 5.91 Å². The molecule has 0 fully saturated rings. The molecule has 0 bridgehead atoms. The average molecular weight is 377 g/mol. The molecule has 0 saturated heterocycles. The molecule has 0 saturated carbocycles. The van der Waals surface area contributed by atoms with E-state index in [1.165, 1.54) is 11.3 Å². The number of nitrogens with one attached hydrogen (secondary N) is 2. The normalized spacial score (nSPS) is 10.3. The smallest absolute Gasteiger partial charge is 0.230 e. The Labute approximate surface area is 161 Å². The molecule has 2 heterocycles. The molecule has 1 amide bonds. The molecule has 3 rings (SSSR count). The molecular formula is C20H19N5OS. The monoisotopic (exact) mass is 377 g/mol. The first-order valence-corrected chi connectivity index (χ1v) is 9.36. The lowest BCUT2D eigenvalue weighted by molar-refractivity contribution is -0.115. The van der Waals surface area contributed by atoms with Gasteiger partial charge in [0.1, 0.15) is 11.9 Å². The number of aromatic nitrogens is 2. The van der Waals surface area contributed by atoms with Crippen LogP contribution in [0.2, 0.25) is 0 Å². The Morgan fingerprint density at radius 3 is 2.78 bits per heavy atom. The van der Waals surface area contributed by atoms with Crippen molar-refractivity contribution in [3.63, 3.8) is 0 Å². The Hall–Kier alpha value is -3.24. The third kappa shape index (κ3) is 4.49. The number of aryl methyl sites for hydroxylation is 1. The number of amides is 1. The van der Waals surface area contributed by atoms with Crippen LogP contribution < -0.4 is 10.6 Å². The average Bonchev–Trinajstić information content (AvgIpc) is 3.15. The highest BCUT2D eigenvalue weighted by molar-refractivity contribution is 7.15. The van der Waals surface area contributed by atoms with Crippen molar-refractivity contribution in [1.29, 1.82) is 5.26 Å². The van der Waals surface area contributed by atoms with Crippen molar-refractivity contribution in [2.24, 2.45) is 0 Å². The Bertz CT molecular complexity index is 1010.